The van der Waals surface area contributed by atoms with Crippen LogP contribution in [0.3, 0.4) is 0 Å². The molecule has 11 heteroatoms. The van der Waals surface area contributed by atoms with Gasteiger partial charge >= 0.3 is 11.7 Å². The second-order valence-electron chi connectivity index (χ2n) is 5.60. The fourth-order valence-corrected chi connectivity index (χ4v) is 2.75. The van der Waals surface area contributed by atoms with E-state index < -0.39 is 10.9 Å². The lowest BCUT2D eigenvalue weighted by Gasteiger charge is -2.11. The van der Waals surface area contributed by atoms with E-state index in [0.29, 0.717) is 16.9 Å². The number of nitro groups is 1. The number of anilines is 4. The molecule has 0 aliphatic carbocycles. The second kappa shape index (κ2) is 8.72. The number of rotatable bonds is 6. The molecule has 3 rings (SSSR count). The highest BCUT2D eigenvalue weighted by molar-refractivity contribution is 6.43. The molecule has 3 aromatic rings. The van der Waals surface area contributed by atoms with E-state index in [-0.39, 0.29) is 27.4 Å². The van der Waals surface area contributed by atoms with Crippen molar-refractivity contribution >= 4 is 57.9 Å². The van der Waals surface area contributed by atoms with Gasteiger partial charge in [-0.3, -0.25) is 10.1 Å². The predicted octanol–water partition coefficient (Wildman–Crippen LogP) is 4.97. The Balaban J connectivity index is 1.94. The van der Waals surface area contributed by atoms with Gasteiger partial charge in [-0.1, -0.05) is 29.3 Å². The van der Waals surface area contributed by atoms with Crippen molar-refractivity contribution < 1.29 is 14.5 Å². The summed E-state index contributed by atoms with van der Waals surface area (Å²) in [7, 11) is 1.28. The molecule has 9 nitrogen and oxygen atoms in total. The van der Waals surface area contributed by atoms with E-state index in [4.69, 9.17) is 23.2 Å². The molecule has 1 heterocycles. The lowest BCUT2D eigenvalue weighted by atomic mass is 10.2. The van der Waals surface area contributed by atoms with Crippen molar-refractivity contribution in [3.63, 3.8) is 0 Å². The number of carbonyl (C=O) groups excluding carboxylic acids is 1. The van der Waals surface area contributed by atoms with Crippen LogP contribution in [0.2, 0.25) is 10.0 Å². The molecule has 0 aliphatic heterocycles. The van der Waals surface area contributed by atoms with Crippen LogP contribution in [-0.4, -0.2) is 28.0 Å². The van der Waals surface area contributed by atoms with Crippen LogP contribution in [-0.2, 0) is 4.74 Å². The van der Waals surface area contributed by atoms with Gasteiger partial charge < -0.3 is 15.4 Å². The van der Waals surface area contributed by atoms with Gasteiger partial charge in [-0.2, -0.15) is 0 Å². The second-order valence-corrected chi connectivity index (χ2v) is 6.38. The van der Waals surface area contributed by atoms with Gasteiger partial charge in [0.15, 0.2) is 0 Å². The predicted molar refractivity (Wildman–Crippen MR) is 109 cm³/mol. The zero-order chi connectivity index (χ0) is 21.0. The highest BCUT2D eigenvalue weighted by atomic mass is 35.5. The first-order chi connectivity index (χ1) is 13.9. The number of esters is 1. The summed E-state index contributed by atoms with van der Waals surface area (Å²) in [5, 5.41) is 17.8. The first-order valence-electron chi connectivity index (χ1n) is 8.06. The van der Waals surface area contributed by atoms with Crippen molar-refractivity contribution in [2.24, 2.45) is 0 Å². The molecule has 2 N–H and O–H groups in total. The molecule has 1 aromatic heterocycles. The first kappa shape index (κ1) is 20.3. The average molecular weight is 434 g/mol. The van der Waals surface area contributed by atoms with E-state index in [1.807, 2.05) is 0 Å². The van der Waals surface area contributed by atoms with E-state index in [9.17, 15) is 14.9 Å². The van der Waals surface area contributed by atoms with E-state index in [2.05, 4.69) is 25.3 Å². The van der Waals surface area contributed by atoms with Crippen LogP contribution in [0.1, 0.15) is 10.4 Å². The molecular formula is C18H13Cl2N5O4. The van der Waals surface area contributed by atoms with Gasteiger partial charge in [0.2, 0.25) is 11.6 Å². The van der Waals surface area contributed by atoms with Crippen molar-refractivity contribution in [3.05, 3.63) is 74.5 Å². The standard InChI is InChI=1S/C18H13Cl2N5O4/c1-29-18(26)10-5-7-11(8-6-10)23-16-15(25(27)28)17(22-9-21-16)24-13-4-2-3-12(19)14(13)20/h2-9H,1H3,(H2,21,22,23,24). The molecular weight excluding hydrogens is 421 g/mol. The Hall–Kier alpha value is -3.43. The normalized spacial score (nSPS) is 10.3. The van der Waals surface area contributed by atoms with Gasteiger partial charge in [-0.25, -0.2) is 14.8 Å². The molecule has 2 aromatic carbocycles. The van der Waals surface area contributed by atoms with Crippen molar-refractivity contribution in [2.45, 2.75) is 0 Å². The summed E-state index contributed by atoms with van der Waals surface area (Å²) in [6, 6.07) is 11.0. The number of carbonyl (C=O) groups is 1. The summed E-state index contributed by atoms with van der Waals surface area (Å²) in [6.07, 6.45) is 1.17. The van der Waals surface area contributed by atoms with Crippen molar-refractivity contribution in [2.75, 3.05) is 17.7 Å². The molecule has 0 unspecified atom stereocenters. The smallest absolute Gasteiger partial charge is 0.353 e. The molecule has 29 heavy (non-hydrogen) atoms. The Kier molecular flexibility index (Phi) is 6.10. The monoisotopic (exact) mass is 433 g/mol. The Morgan fingerprint density at radius 1 is 1.07 bits per heavy atom. The van der Waals surface area contributed by atoms with Crippen LogP contribution in [0.4, 0.5) is 28.7 Å². The van der Waals surface area contributed by atoms with Gasteiger partial charge in [-0.05, 0) is 36.4 Å². The molecule has 0 bridgehead atoms. The largest absolute Gasteiger partial charge is 0.465 e. The topological polar surface area (TPSA) is 119 Å². The van der Waals surface area contributed by atoms with Crippen LogP contribution in [0.15, 0.2) is 48.8 Å². The Labute approximate surface area is 174 Å². The minimum Gasteiger partial charge on any atom is -0.465 e. The van der Waals surface area contributed by atoms with Crippen LogP contribution in [0.5, 0.6) is 0 Å². The molecule has 0 aliphatic rings. The molecule has 0 spiro atoms. The number of nitrogens with zero attached hydrogens (tertiary/aromatic N) is 3. The Morgan fingerprint density at radius 2 is 1.72 bits per heavy atom. The maximum atomic E-state index is 11.7. The molecule has 0 radical (unpaired) electrons. The summed E-state index contributed by atoms with van der Waals surface area (Å²) in [4.78, 5) is 30.5. The van der Waals surface area contributed by atoms with Gasteiger partial charge in [0, 0.05) is 5.69 Å². The maximum Gasteiger partial charge on any atom is 0.353 e. The lowest BCUT2D eigenvalue weighted by Crippen LogP contribution is -2.06. The average Bonchev–Trinajstić information content (AvgIpc) is 2.71. The maximum absolute atomic E-state index is 11.7. The third kappa shape index (κ3) is 4.53. The quantitative estimate of drug-likeness (QED) is 0.317. The number of halogens is 2. The van der Waals surface area contributed by atoms with Crippen LogP contribution >= 0.6 is 23.2 Å². The number of benzene rings is 2. The lowest BCUT2D eigenvalue weighted by molar-refractivity contribution is -0.383. The van der Waals surface area contributed by atoms with Crippen molar-refractivity contribution in [1.82, 2.24) is 9.97 Å². The van der Waals surface area contributed by atoms with Crippen LogP contribution in [0.25, 0.3) is 0 Å². The highest BCUT2D eigenvalue weighted by Gasteiger charge is 2.24. The summed E-state index contributed by atoms with van der Waals surface area (Å²) >= 11 is 12.1. The molecule has 0 amide bonds. The van der Waals surface area contributed by atoms with Gasteiger partial charge in [-0.15, -0.1) is 0 Å². The first-order valence-corrected chi connectivity index (χ1v) is 8.82. The molecule has 0 fully saturated rings. The zero-order valence-electron chi connectivity index (χ0n) is 14.8. The molecule has 0 saturated carbocycles. The molecule has 0 atom stereocenters. The van der Waals surface area contributed by atoms with Crippen LogP contribution < -0.4 is 10.6 Å². The number of hydrogen-bond donors (Lipinski definition) is 2. The van der Waals surface area contributed by atoms with E-state index in [1.165, 1.54) is 25.6 Å². The van der Waals surface area contributed by atoms with E-state index in [1.54, 1.807) is 30.3 Å². The molecule has 148 valence electrons. The van der Waals surface area contributed by atoms with E-state index >= 15 is 0 Å². The fraction of sp³-hybridized carbons (Fsp3) is 0.0556. The van der Waals surface area contributed by atoms with Gasteiger partial charge in [0.05, 0.1) is 33.3 Å². The minimum atomic E-state index is -0.619. The summed E-state index contributed by atoms with van der Waals surface area (Å²) in [5.41, 5.74) is 0.786. The summed E-state index contributed by atoms with van der Waals surface area (Å²) in [5.74, 6) is -0.603. The minimum absolute atomic E-state index is 0.0449. The number of ether oxygens (including phenoxy) is 1. The third-order valence-electron chi connectivity index (χ3n) is 3.78. The van der Waals surface area contributed by atoms with Crippen molar-refractivity contribution in [3.8, 4) is 0 Å². The fourth-order valence-electron chi connectivity index (χ4n) is 2.41. The summed E-state index contributed by atoms with van der Waals surface area (Å²) in [6.45, 7) is 0. The number of hydrogen-bond acceptors (Lipinski definition) is 8. The van der Waals surface area contributed by atoms with Crippen molar-refractivity contribution in [1.29, 1.82) is 0 Å². The SMILES string of the molecule is COC(=O)c1ccc(Nc2ncnc(Nc3cccc(Cl)c3Cl)c2[N+](=O)[O-])cc1. The third-order valence-corrected chi connectivity index (χ3v) is 4.60. The number of methoxy groups -OCH3 is 1. The van der Waals surface area contributed by atoms with Gasteiger partial charge in [0.25, 0.3) is 0 Å². The van der Waals surface area contributed by atoms with Crippen LogP contribution in [0, 0.1) is 10.1 Å². The molecule has 0 saturated heterocycles. The highest BCUT2D eigenvalue weighted by Crippen LogP contribution is 2.36. The number of aromatic nitrogens is 2. The zero-order valence-corrected chi connectivity index (χ0v) is 16.4. The Bertz CT molecular complexity index is 1080. The van der Waals surface area contributed by atoms with Gasteiger partial charge in [0.1, 0.15) is 6.33 Å². The number of nitrogens with one attached hydrogen (secondary N) is 2. The Morgan fingerprint density at radius 3 is 2.34 bits per heavy atom. The van der Waals surface area contributed by atoms with E-state index in [0.717, 1.165) is 0 Å². The summed E-state index contributed by atoms with van der Waals surface area (Å²) < 4.78 is 4.64.